The second kappa shape index (κ2) is 5.89. The summed E-state index contributed by atoms with van der Waals surface area (Å²) in [6.07, 6.45) is 0. The maximum Gasteiger partial charge on any atom is 0.371 e. The van der Waals surface area contributed by atoms with Gasteiger partial charge in [-0.3, -0.25) is 0 Å². The number of carbonyl (C=O) groups is 1. The van der Waals surface area contributed by atoms with Crippen molar-refractivity contribution in [3.8, 4) is 0 Å². The molecule has 1 heterocycles. The summed E-state index contributed by atoms with van der Waals surface area (Å²) in [5.74, 6) is -2.32. The zero-order chi connectivity index (χ0) is 14.6. The van der Waals surface area contributed by atoms with Gasteiger partial charge in [0.05, 0.1) is 6.61 Å². The van der Waals surface area contributed by atoms with Gasteiger partial charge in [-0.2, -0.15) is 0 Å². The predicted octanol–water partition coefficient (Wildman–Crippen LogP) is 1.93. The van der Waals surface area contributed by atoms with E-state index in [1.807, 2.05) is 30.3 Å². The number of aromatic carboxylic acids is 1. The van der Waals surface area contributed by atoms with Gasteiger partial charge in [0, 0.05) is 0 Å². The van der Waals surface area contributed by atoms with E-state index in [1.54, 1.807) is 0 Å². The Kier molecular flexibility index (Phi) is 4.21. The van der Waals surface area contributed by atoms with E-state index in [4.69, 9.17) is 14.3 Å². The summed E-state index contributed by atoms with van der Waals surface area (Å²) in [5.41, 5.74) is 0.841. The van der Waals surface area contributed by atoms with Crippen molar-refractivity contribution in [1.29, 1.82) is 0 Å². The van der Waals surface area contributed by atoms with E-state index in [0.29, 0.717) is 0 Å². The Morgan fingerprint density at radius 3 is 2.45 bits per heavy atom. The van der Waals surface area contributed by atoms with E-state index in [2.05, 4.69) is 0 Å². The molecule has 7 heteroatoms. The highest BCUT2D eigenvalue weighted by atomic mass is 32.2. The van der Waals surface area contributed by atoms with E-state index in [-0.39, 0.29) is 6.61 Å². The lowest BCUT2D eigenvalue weighted by atomic mass is 10.2. The highest BCUT2D eigenvalue weighted by Crippen LogP contribution is 2.16. The lowest BCUT2D eigenvalue weighted by Gasteiger charge is -2.04. The van der Waals surface area contributed by atoms with Crippen LogP contribution < -0.4 is 0 Å². The van der Waals surface area contributed by atoms with E-state index >= 15 is 0 Å². The topological polar surface area (TPSA) is 93.8 Å². The molecule has 6 nitrogen and oxygen atoms in total. The number of furan rings is 1. The summed E-state index contributed by atoms with van der Waals surface area (Å²) in [4.78, 5) is 10.6. The van der Waals surface area contributed by atoms with Crippen molar-refractivity contribution in [1.82, 2.24) is 0 Å². The van der Waals surface area contributed by atoms with Crippen LogP contribution >= 0.6 is 0 Å². The first-order chi connectivity index (χ1) is 9.49. The van der Waals surface area contributed by atoms with Gasteiger partial charge in [0.1, 0.15) is 0 Å². The Morgan fingerprint density at radius 1 is 1.15 bits per heavy atom. The first-order valence-corrected chi connectivity index (χ1v) is 7.32. The molecule has 1 aromatic heterocycles. The lowest BCUT2D eigenvalue weighted by molar-refractivity contribution is 0.0656. The number of ether oxygens (including phenoxy) is 1. The molecule has 1 aromatic carbocycles. The van der Waals surface area contributed by atoms with Gasteiger partial charge in [0.15, 0.2) is 5.94 Å². The Morgan fingerprint density at radius 2 is 1.85 bits per heavy atom. The summed E-state index contributed by atoms with van der Waals surface area (Å²) in [6, 6.07) is 11.3. The summed E-state index contributed by atoms with van der Waals surface area (Å²) in [5, 5.41) is 8.25. The molecule has 0 aliphatic heterocycles. The van der Waals surface area contributed by atoms with Gasteiger partial charge >= 0.3 is 5.97 Å². The van der Waals surface area contributed by atoms with E-state index < -0.39 is 32.6 Å². The van der Waals surface area contributed by atoms with Crippen LogP contribution in [0, 0.1) is 0 Å². The Bertz CT molecular complexity index is 687. The van der Waals surface area contributed by atoms with Crippen molar-refractivity contribution < 1.29 is 27.5 Å². The van der Waals surface area contributed by atoms with Crippen LogP contribution in [0.1, 0.15) is 16.1 Å². The largest absolute Gasteiger partial charge is 0.475 e. The van der Waals surface area contributed by atoms with Crippen molar-refractivity contribution in [2.24, 2.45) is 0 Å². The second-order valence-electron chi connectivity index (χ2n) is 3.99. The van der Waals surface area contributed by atoms with E-state index in [9.17, 15) is 13.2 Å². The van der Waals surface area contributed by atoms with Gasteiger partial charge in [-0.25, -0.2) is 13.2 Å². The van der Waals surface area contributed by atoms with Crippen molar-refractivity contribution in [2.45, 2.75) is 11.7 Å². The highest BCUT2D eigenvalue weighted by molar-refractivity contribution is 7.91. The lowest BCUT2D eigenvalue weighted by Crippen LogP contribution is -2.09. The van der Waals surface area contributed by atoms with Crippen LogP contribution in [0.5, 0.6) is 0 Å². The molecule has 2 rings (SSSR count). The Labute approximate surface area is 115 Å². The molecule has 0 aliphatic carbocycles. The summed E-state index contributed by atoms with van der Waals surface area (Å²) < 4.78 is 33.6. The minimum atomic E-state index is -3.80. The Hall–Kier alpha value is -2.12. The number of hydrogen-bond acceptors (Lipinski definition) is 5. The first kappa shape index (κ1) is 14.3. The van der Waals surface area contributed by atoms with Crippen molar-refractivity contribution in [3.05, 3.63) is 53.8 Å². The third kappa shape index (κ3) is 3.46. The summed E-state index contributed by atoms with van der Waals surface area (Å²) in [7, 11) is -3.80. The van der Waals surface area contributed by atoms with Crippen LogP contribution in [0.25, 0.3) is 0 Å². The molecule has 0 unspecified atom stereocenters. The summed E-state index contributed by atoms with van der Waals surface area (Å²) in [6.45, 7) is 0.145. The molecule has 0 saturated carbocycles. The van der Waals surface area contributed by atoms with Crippen LogP contribution in [0.3, 0.4) is 0 Å². The molecule has 0 amide bonds. The fourth-order valence-electron chi connectivity index (χ4n) is 1.50. The predicted molar refractivity (Wildman–Crippen MR) is 69.0 cm³/mol. The minimum absolute atomic E-state index is 0.145. The average molecular weight is 296 g/mol. The fraction of sp³-hybridized carbons (Fsp3) is 0.154. The quantitative estimate of drug-likeness (QED) is 0.875. The van der Waals surface area contributed by atoms with Crippen LogP contribution in [0.4, 0.5) is 0 Å². The Balaban J connectivity index is 1.98. The molecule has 20 heavy (non-hydrogen) atoms. The molecular weight excluding hydrogens is 284 g/mol. The molecule has 1 N–H and O–H groups in total. The van der Waals surface area contributed by atoms with Crippen molar-refractivity contribution >= 4 is 15.8 Å². The number of sulfone groups is 1. The molecule has 2 aromatic rings. The van der Waals surface area contributed by atoms with Gasteiger partial charge in [-0.05, 0) is 17.7 Å². The standard InChI is InChI=1S/C13H12O6S/c14-13(15)11-6-7-12(19-11)20(16,17)9-18-8-10-4-2-1-3-5-10/h1-7H,8-9H2,(H,14,15). The maximum atomic E-state index is 11.8. The van der Waals surface area contributed by atoms with Crippen LogP contribution in [0.2, 0.25) is 0 Å². The zero-order valence-electron chi connectivity index (χ0n) is 10.4. The second-order valence-corrected chi connectivity index (χ2v) is 5.86. The minimum Gasteiger partial charge on any atom is -0.475 e. The SMILES string of the molecule is O=C(O)c1ccc(S(=O)(=O)COCc2ccccc2)o1. The zero-order valence-corrected chi connectivity index (χ0v) is 11.2. The van der Waals surface area contributed by atoms with Crippen LogP contribution in [0.15, 0.2) is 52.0 Å². The van der Waals surface area contributed by atoms with Gasteiger partial charge < -0.3 is 14.3 Å². The molecule has 0 radical (unpaired) electrons. The van der Waals surface area contributed by atoms with Crippen molar-refractivity contribution in [2.75, 3.05) is 5.94 Å². The molecule has 0 bridgehead atoms. The van der Waals surface area contributed by atoms with Gasteiger partial charge in [-0.15, -0.1) is 0 Å². The number of rotatable bonds is 6. The fourth-order valence-corrected chi connectivity index (χ4v) is 2.41. The third-order valence-electron chi connectivity index (χ3n) is 2.45. The number of hydrogen-bond donors (Lipinski definition) is 1. The maximum absolute atomic E-state index is 11.8. The molecule has 0 saturated heterocycles. The molecule has 0 fully saturated rings. The van der Waals surface area contributed by atoms with Gasteiger partial charge in [0.25, 0.3) is 0 Å². The smallest absolute Gasteiger partial charge is 0.371 e. The van der Waals surface area contributed by atoms with Gasteiger partial charge in [0.2, 0.25) is 20.7 Å². The number of carboxylic acid groups (broad SMARTS) is 1. The highest BCUT2D eigenvalue weighted by Gasteiger charge is 2.21. The van der Waals surface area contributed by atoms with Gasteiger partial charge in [-0.1, -0.05) is 30.3 Å². The molecular formula is C13H12O6S. The monoisotopic (exact) mass is 296 g/mol. The van der Waals surface area contributed by atoms with Crippen LogP contribution in [-0.4, -0.2) is 25.4 Å². The van der Waals surface area contributed by atoms with Crippen molar-refractivity contribution in [3.63, 3.8) is 0 Å². The van der Waals surface area contributed by atoms with Crippen LogP contribution in [-0.2, 0) is 21.2 Å². The molecule has 106 valence electrons. The summed E-state index contributed by atoms with van der Waals surface area (Å²) >= 11 is 0. The molecule has 0 atom stereocenters. The first-order valence-electron chi connectivity index (χ1n) is 5.66. The number of benzene rings is 1. The third-order valence-corrected chi connectivity index (χ3v) is 3.76. The molecule has 0 aliphatic rings. The molecule has 0 spiro atoms. The normalized spacial score (nSPS) is 11.4. The van der Waals surface area contributed by atoms with E-state index in [1.165, 1.54) is 0 Å². The number of carboxylic acids is 1. The average Bonchev–Trinajstić information content (AvgIpc) is 2.90. The van der Waals surface area contributed by atoms with E-state index in [0.717, 1.165) is 17.7 Å².